The third-order valence-corrected chi connectivity index (χ3v) is 5.59. The predicted octanol–water partition coefficient (Wildman–Crippen LogP) is 5.16. The fourth-order valence-electron chi connectivity index (χ4n) is 3.31. The van der Waals surface area contributed by atoms with E-state index in [1.807, 2.05) is 6.92 Å². The van der Waals surface area contributed by atoms with E-state index in [-0.39, 0.29) is 6.10 Å². The van der Waals surface area contributed by atoms with Crippen molar-refractivity contribution in [3.05, 3.63) is 57.2 Å². The van der Waals surface area contributed by atoms with Crippen molar-refractivity contribution in [1.82, 2.24) is 10.3 Å². The highest BCUT2D eigenvalue weighted by Gasteiger charge is 2.29. The standard InChI is InChI=1S/C23H28Cl2N2O5/c1-13-9-15(11-26-21(13)31-16-7-8-30-12-16)20(28)19(27-22(29)32-23(2,3)4)14-5-6-17(24)18(25)10-14/h5-6,9-11,16,19-20,28H,7-8,12H2,1-4H3,(H,27,29). The summed E-state index contributed by atoms with van der Waals surface area (Å²) in [6.07, 6.45) is 0.512. The summed E-state index contributed by atoms with van der Waals surface area (Å²) >= 11 is 12.2. The first-order valence-corrected chi connectivity index (χ1v) is 11.1. The number of ether oxygens (including phenoxy) is 3. The highest BCUT2D eigenvalue weighted by Crippen LogP contribution is 2.34. The monoisotopic (exact) mass is 482 g/mol. The zero-order valence-electron chi connectivity index (χ0n) is 18.5. The molecule has 3 rings (SSSR count). The van der Waals surface area contributed by atoms with Crippen molar-refractivity contribution in [2.24, 2.45) is 0 Å². The Balaban J connectivity index is 1.86. The van der Waals surface area contributed by atoms with E-state index < -0.39 is 23.8 Å². The minimum Gasteiger partial charge on any atom is -0.472 e. The summed E-state index contributed by atoms with van der Waals surface area (Å²) in [6.45, 7) is 8.34. The van der Waals surface area contributed by atoms with Crippen molar-refractivity contribution >= 4 is 29.3 Å². The Hall–Kier alpha value is -2.06. The second-order valence-electron chi connectivity index (χ2n) is 8.74. The first-order valence-electron chi connectivity index (χ1n) is 10.4. The zero-order chi connectivity index (χ0) is 23.5. The first kappa shape index (κ1) is 24.6. The summed E-state index contributed by atoms with van der Waals surface area (Å²) in [5.74, 6) is 0.489. The maximum atomic E-state index is 12.5. The van der Waals surface area contributed by atoms with Gasteiger partial charge in [0.1, 0.15) is 17.8 Å². The number of nitrogens with one attached hydrogen (secondary N) is 1. The summed E-state index contributed by atoms with van der Waals surface area (Å²) < 4.78 is 16.6. The van der Waals surface area contributed by atoms with Gasteiger partial charge in [0.2, 0.25) is 5.88 Å². The van der Waals surface area contributed by atoms with Crippen molar-refractivity contribution in [1.29, 1.82) is 0 Å². The van der Waals surface area contributed by atoms with Gasteiger partial charge in [-0.05, 0) is 51.5 Å². The average Bonchev–Trinajstić information content (AvgIpc) is 3.21. The molecule has 1 saturated heterocycles. The van der Waals surface area contributed by atoms with Gasteiger partial charge in [0.25, 0.3) is 0 Å². The van der Waals surface area contributed by atoms with Gasteiger partial charge in [-0.15, -0.1) is 0 Å². The molecular formula is C23H28Cl2N2O5. The Bertz CT molecular complexity index is 958. The van der Waals surface area contributed by atoms with E-state index in [9.17, 15) is 9.90 Å². The molecule has 1 aromatic carbocycles. The van der Waals surface area contributed by atoms with E-state index in [2.05, 4.69) is 10.3 Å². The summed E-state index contributed by atoms with van der Waals surface area (Å²) in [6, 6.07) is 5.84. The minimum atomic E-state index is -1.13. The second-order valence-corrected chi connectivity index (χ2v) is 9.55. The number of hydrogen-bond donors (Lipinski definition) is 2. The topological polar surface area (TPSA) is 89.9 Å². The second kappa shape index (κ2) is 10.3. The Morgan fingerprint density at radius 1 is 1.25 bits per heavy atom. The molecule has 1 fully saturated rings. The van der Waals surface area contributed by atoms with E-state index in [4.69, 9.17) is 37.4 Å². The number of pyridine rings is 1. The number of nitrogens with zero attached hydrogens (tertiary/aromatic N) is 1. The van der Waals surface area contributed by atoms with Crippen LogP contribution in [-0.2, 0) is 9.47 Å². The highest BCUT2D eigenvalue weighted by atomic mass is 35.5. The molecule has 7 nitrogen and oxygen atoms in total. The van der Waals surface area contributed by atoms with Gasteiger partial charge in [-0.3, -0.25) is 0 Å². The molecule has 0 saturated carbocycles. The number of alkyl carbamates (subject to hydrolysis) is 1. The molecular weight excluding hydrogens is 455 g/mol. The van der Waals surface area contributed by atoms with Crippen molar-refractivity contribution < 1.29 is 24.1 Å². The normalized spacial score (nSPS) is 18.2. The zero-order valence-corrected chi connectivity index (χ0v) is 20.0. The Labute approximate surface area is 198 Å². The largest absolute Gasteiger partial charge is 0.472 e. The average molecular weight is 483 g/mol. The number of aliphatic hydroxyl groups is 1. The molecule has 0 radical (unpaired) electrons. The number of benzene rings is 1. The van der Waals surface area contributed by atoms with Gasteiger partial charge in [-0.1, -0.05) is 29.3 Å². The van der Waals surface area contributed by atoms with Crippen LogP contribution in [0.5, 0.6) is 5.88 Å². The molecule has 2 N–H and O–H groups in total. The minimum absolute atomic E-state index is 0.0326. The number of carbonyl (C=O) groups is 1. The van der Waals surface area contributed by atoms with E-state index >= 15 is 0 Å². The molecule has 1 aliphatic rings. The van der Waals surface area contributed by atoms with E-state index in [0.29, 0.717) is 40.3 Å². The molecule has 2 aromatic rings. The third-order valence-electron chi connectivity index (χ3n) is 4.85. The molecule has 1 aliphatic heterocycles. The van der Waals surface area contributed by atoms with Crippen LogP contribution in [0.2, 0.25) is 10.0 Å². The smallest absolute Gasteiger partial charge is 0.408 e. The molecule has 1 aromatic heterocycles. The number of aliphatic hydroxyl groups excluding tert-OH is 1. The van der Waals surface area contributed by atoms with Crippen LogP contribution in [-0.4, -0.2) is 41.1 Å². The quantitative estimate of drug-likeness (QED) is 0.590. The molecule has 0 spiro atoms. The number of hydrogen-bond acceptors (Lipinski definition) is 6. The lowest BCUT2D eigenvalue weighted by Crippen LogP contribution is -2.37. The molecule has 3 unspecified atom stereocenters. The van der Waals surface area contributed by atoms with Crippen molar-refractivity contribution in [3.63, 3.8) is 0 Å². The third kappa shape index (κ3) is 6.48. The van der Waals surface area contributed by atoms with Crippen molar-refractivity contribution in [3.8, 4) is 5.88 Å². The number of rotatable bonds is 6. The number of amides is 1. The van der Waals surface area contributed by atoms with Crippen LogP contribution in [0.3, 0.4) is 0 Å². The van der Waals surface area contributed by atoms with Crippen LogP contribution in [0.1, 0.15) is 56.0 Å². The van der Waals surface area contributed by atoms with Gasteiger partial charge in [0.15, 0.2) is 0 Å². The van der Waals surface area contributed by atoms with Gasteiger partial charge in [0.05, 0.1) is 29.3 Å². The summed E-state index contributed by atoms with van der Waals surface area (Å²) in [4.78, 5) is 16.9. The van der Waals surface area contributed by atoms with E-state index in [1.165, 1.54) is 6.20 Å². The van der Waals surface area contributed by atoms with Crippen LogP contribution in [0.15, 0.2) is 30.5 Å². The molecule has 174 valence electrons. The summed E-state index contributed by atoms with van der Waals surface area (Å²) in [5.41, 5.74) is 1.14. The highest BCUT2D eigenvalue weighted by molar-refractivity contribution is 6.42. The van der Waals surface area contributed by atoms with Crippen LogP contribution in [0.25, 0.3) is 0 Å². The molecule has 0 bridgehead atoms. The first-order chi connectivity index (χ1) is 15.0. The molecule has 2 heterocycles. The summed E-state index contributed by atoms with van der Waals surface area (Å²) in [5, 5.41) is 14.6. The van der Waals surface area contributed by atoms with Crippen LogP contribution >= 0.6 is 23.2 Å². The molecule has 1 amide bonds. The number of aromatic nitrogens is 1. The van der Waals surface area contributed by atoms with Crippen molar-refractivity contribution in [2.75, 3.05) is 13.2 Å². The lowest BCUT2D eigenvalue weighted by molar-refractivity contribution is 0.0418. The van der Waals surface area contributed by atoms with Crippen molar-refractivity contribution in [2.45, 2.75) is 58.0 Å². The van der Waals surface area contributed by atoms with Gasteiger partial charge in [-0.2, -0.15) is 0 Å². The van der Waals surface area contributed by atoms with Gasteiger partial charge < -0.3 is 24.6 Å². The van der Waals surface area contributed by atoms with Crippen LogP contribution < -0.4 is 10.1 Å². The predicted molar refractivity (Wildman–Crippen MR) is 122 cm³/mol. The number of halogens is 2. The van der Waals surface area contributed by atoms with Gasteiger partial charge in [0, 0.05) is 23.7 Å². The Morgan fingerprint density at radius 2 is 2.00 bits per heavy atom. The van der Waals surface area contributed by atoms with E-state index in [0.717, 1.165) is 12.0 Å². The number of carbonyl (C=O) groups excluding carboxylic acids is 1. The number of aryl methyl sites for hydroxylation is 1. The fraction of sp³-hybridized carbons (Fsp3) is 0.478. The Kier molecular flexibility index (Phi) is 7.88. The SMILES string of the molecule is Cc1cc(C(O)C(NC(=O)OC(C)(C)C)c2ccc(Cl)c(Cl)c2)cnc1OC1CCOC1. The van der Waals surface area contributed by atoms with Crippen LogP contribution in [0.4, 0.5) is 4.79 Å². The fourth-order valence-corrected chi connectivity index (χ4v) is 3.62. The molecule has 0 aliphatic carbocycles. The lowest BCUT2D eigenvalue weighted by Gasteiger charge is -2.27. The summed E-state index contributed by atoms with van der Waals surface area (Å²) in [7, 11) is 0. The van der Waals surface area contributed by atoms with Gasteiger partial charge in [-0.25, -0.2) is 9.78 Å². The van der Waals surface area contributed by atoms with E-state index in [1.54, 1.807) is 45.0 Å². The lowest BCUT2D eigenvalue weighted by atomic mass is 9.96. The Morgan fingerprint density at radius 3 is 2.59 bits per heavy atom. The maximum absolute atomic E-state index is 12.5. The maximum Gasteiger partial charge on any atom is 0.408 e. The van der Waals surface area contributed by atoms with Gasteiger partial charge >= 0.3 is 6.09 Å². The molecule has 9 heteroatoms. The molecule has 32 heavy (non-hydrogen) atoms. The van der Waals surface area contributed by atoms with Crippen LogP contribution in [0, 0.1) is 6.92 Å². The molecule has 3 atom stereocenters.